The van der Waals surface area contributed by atoms with Crippen LogP contribution in [0.1, 0.15) is 0 Å². The lowest BCUT2D eigenvalue weighted by Crippen LogP contribution is -1.90. The summed E-state index contributed by atoms with van der Waals surface area (Å²) in [5.74, 6) is -1.39. The molecule has 2 rings (SSSR count). The molecule has 0 aliphatic heterocycles. The number of hydrogen-bond donors (Lipinski definition) is 1. The van der Waals surface area contributed by atoms with Crippen molar-refractivity contribution in [3.63, 3.8) is 0 Å². The number of halogens is 2. The summed E-state index contributed by atoms with van der Waals surface area (Å²) in [6, 6.07) is 3.44. The number of nitrogen functional groups attached to an aromatic ring is 1. The van der Waals surface area contributed by atoms with Crippen LogP contribution < -0.4 is 5.73 Å². The smallest absolute Gasteiger partial charge is 0.292 e. The second kappa shape index (κ2) is 3.10. The van der Waals surface area contributed by atoms with E-state index in [0.717, 1.165) is 18.4 Å². The van der Waals surface area contributed by atoms with Gasteiger partial charge in [0.25, 0.3) is 6.01 Å². The first-order chi connectivity index (χ1) is 6.68. The molecule has 0 saturated carbocycles. The largest absolute Gasteiger partial charge is 0.432 e. The lowest BCUT2D eigenvalue weighted by molar-refractivity contribution is 0.576. The molecule has 14 heavy (non-hydrogen) atoms. The Hall–Kier alpha value is -1.91. The summed E-state index contributed by atoms with van der Waals surface area (Å²) in [7, 11) is 0. The third kappa shape index (κ3) is 1.32. The van der Waals surface area contributed by atoms with E-state index in [-0.39, 0.29) is 17.3 Å². The average molecular weight is 196 g/mol. The molecule has 0 spiro atoms. The summed E-state index contributed by atoms with van der Waals surface area (Å²) >= 11 is 0. The molecule has 1 heterocycles. The van der Waals surface area contributed by atoms with Gasteiger partial charge in [-0.25, -0.2) is 8.78 Å². The predicted octanol–water partition coefficient (Wildman–Crippen LogP) is 2.20. The first kappa shape index (κ1) is 8.68. The molecule has 0 saturated heterocycles. The van der Waals surface area contributed by atoms with E-state index in [0.29, 0.717) is 0 Å². The molecular weight excluding hydrogens is 190 g/mol. The molecule has 2 aromatic rings. The van der Waals surface area contributed by atoms with E-state index >= 15 is 0 Å². The highest BCUT2D eigenvalue weighted by Gasteiger charge is 2.14. The molecule has 0 atom stereocenters. The summed E-state index contributed by atoms with van der Waals surface area (Å²) < 4.78 is 31.0. The Kier molecular flexibility index (Phi) is 1.92. The standard InChI is InChI=1S/C9H6F2N2O/c10-5-2-1-3-6(11)8(5)7-4-14-9(12)13-7/h1-4H,(H2,12,13). The van der Waals surface area contributed by atoms with E-state index in [1.807, 2.05) is 0 Å². The first-order valence-corrected chi connectivity index (χ1v) is 3.84. The van der Waals surface area contributed by atoms with E-state index in [2.05, 4.69) is 9.40 Å². The van der Waals surface area contributed by atoms with E-state index in [4.69, 9.17) is 5.73 Å². The zero-order valence-electron chi connectivity index (χ0n) is 7.00. The number of anilines is 1. The van der Waals surface area contributed by atoms with Gasteiger partial charge in [-0.2, -0.15) is 4.98 Å². The van der Waals surface area contributed by atoms with E-state index in [9.17, 15) is 8.78 Å². The van der Waals surface area contributed by atoms with Gasteiger partial charge in [0.1, 0.15) is 23.6 Å². The van der Waals surface area contributed by atoms with Crippen LogP contribution in [0.2, 0.25) is 0 Å². The number of oxazole rings is 1. The second-order valence-corrected chi connectivity index (χ2v) is 2.67. The summed E-state index contributed by atoms with van der Waals surface area (Å²) in [6.07, 6.45) is 1.11. The molecule has 0 unspecified atom stereocenters. The molecule has 0 radical (unpaired) electrons. The fourth-order valence-corrected chi connectivity index (χ4v) is 1.14. The monoisotopic (exact) mass is 196 g/mol. The molecule has 2 N–H and O–H groups in total. The number of aromatic nitrogens is 1. The highest BCUT2D eigenvalue weighted by molar-refractivity contribution is 5.60. The van der Waals surface area contributed by atoms with Crippen molar-refractivity contribution < 1.29 is 13.2 Å². The van der Waals surface area contributed by atoms with Gasteiger partial charge in [0.15, 0.2) is 0 Å². The van der Waals surface area contributed by atoms with Crippen molar-refractivity contribution in [1.82, 2.24) is 4.98 Å². The van der Waals surface area contributed by atoms with Gasteiger partial charge in [-0.3, -0.25) is 0 Å². The average Bonchev–Trinajstić information content (AvgIpc) is 2.51. The third-order valence-electron chi connectivity index (χ3n) is 1.74. The Morgan fingerprint density at radius 1 is 1.21 bits per heavy atom. The maximum absolute atomic E-state index is 13.2. The van der Waals surface area contributed by atoms with Crippen molar-refractivity contribution in [2.45, 2.75) is 0 Å². The molecule has 1 aromatic carbocycles. The van der Waals surface area contributed by atoms with E-state index in [1.165, 1.54) is 6.07 Å². The Morgan fingerprint density at radius 3 is 2.36 bits per heavy atom. The normalized spacial score (nSPS) is 10.4. The van der Waals surface area contributed by atoms with Gasteiger partial charge in [-0.1, -0.05) is 6.07 Å². The zero-order valence-corrected chi connectivity index (χ0v) is 7.00. The lowest BCUT2D eigenvalue weighted by atomic mass is 10.1. The van der Waals surface area contributed by atoms with E-state index in [1.54, 1.807) is 0 Å². The van der Waals surface area contributed by atoms with Crippen LogP contribution >= 0.6 is 0 Å². The Labute approximate surface area is 78.2 Å². The SMILES string of the molecule is Nc1nc(-c2c(F)cccc2F)co1. The number of nitrogens with two attached hydrogens (primary N) is 1. The Bertz CT molecular complexity index is 447. The van der Waals surface area contributed by atoms with Crippen LogP contribution in [-0.2, 0) is 0 Å². The summed E-state index contributed by atoms with van der Waals surface area (Å²) in [4.78, 5) is 3.63. The Balaban J connectivity index is 2.61. The van der Waals surface area contributed by atoms with Crippen molar-refractivity contribution in [2.75, 3.05) is 5.73 Å². The molecule has 3 nitrogen and oxygen atoms in total. The van der Waals surface area contributed by atoms with Crippen LogP contribution in [0, 0.1) is 11.6 Å². The summed E-state index contributed by atoms with van der Waals surface area (Å²) in [6.45, 7) is 0. The van der Waals surface area contributed by atoms with Gasteiger partial charge in [0, 0.05) is 0 Å². The molecule has 0 fully saturated rings. The van der Waals surface area contributed by atoms with Crippen LogP contribution in [0.25, 0.3) is 11.3 Å². The van der Waals surface area contributed by atoms with Crippen molar-refractivity contribution >= 4 is 6.01 Å². The third-order valence-corrected chi connectivity index (χ3v) is 1.74. The molecule has 0 aliphatic rings. The topological polar surface area (TPSA) is 52.0 Å². The number of benzene rings is 1. The van der Waals surface area contributed by atoms with Gasteiger partial charge < -0.3 is 10.2 Å². The molecule has 72 valence electrons. The van der Waals surface area contributed by atoms with Gasteiger partial charge in [-0.15, -0.1) is 0 Å². The lowest BCUT2D eigenvalue weighted by Gasteiger charge is -1.98. The number of nitrogens with zero attached hydrogens (tertiary/aromatic N) is 1. The van der Waals surface area contributed by atoms with Crippen LogP contribution in [-0.4, -0.2) is 4.98 Å². The van der Waals surface area contributed by atoms with Crippen LogP contribution in [0.5, 0.6) is 0 Å². The molecule has 0 bridgehead atoms. The van der Waals surface area contributed by atoms with Crippen LogP contribution in [0.15, 0.2) is 28.9 Å². The minimum atomic E-state index is -0.696. The van der Waals surface area contributed by atoms with Crippen molar-refractivity contribution in [3.8, 4) is 11.3 Å². The molecule has 1 aromatic heterocycles. The van der Waals surface area contributed by atoms with Crippen molar-refractivity contribution in [2.24, 2.45) is 0 Å². The maximum atomic E-state index is 13.2. The van der Waals surface area contributed by atoms with Crippen molar-refractivity contribution in [3.05, 3.63) is 36.1 Å². The quantitative estimate of drug-likeness (QED) is 0.760. The van der Waals surface area contributed by atoms with Crippen molar-refractivity contribution in [1.29, 1.82) is 0 Å². The Morgan fingerprint density at radius 2 is 1.86 bits per heavy atom. The van der Waals surface area contributed by atoms with Gasteiger partial charge in [0.2, 0.25) is 0 Å². The molecular formula is C9H6F2N2O. The van der Waals surface area contributed by atoms with Gasteiger partial charge in [-0.05, 0) is 12.1 Å². The molecule has 5 heteroatoms. The number of hydrogen-bond acceptors (Lipinski definition) is 3. The highest BCUT2D eigenvalue weighted by atomic mass is 19.1. The number of rotatable bonds is 1. The van der Waals surface area contributed by atoms with Crippen LogP contribution in [0.3, 0.4) is 0 Å². The maximum Gasteiger partial charge on any atom is 0.292 e. The minimum absolute atomic E-state index is 0.0538. The molecule has 0 aliphatic carbocycles. The predicted molar refractivity (Wildman–Crippen MR) is 46.3 cm³/mol. The van der Waals surface area contributed by atoms with Gasteiger partial charge in [0.05, 0.1) is 5.56 Å². The fraction of sp³-hybridized carbons (Fsp3) is 0. The summed E-state index contributed by atoms with van der Waals surface area (Å²) in [5.41, 5.74) is 5.02. The zero-order chi connectivity index (χ0) is 10.1. The minimum Gasteiger partial charge on any atom is -0.432 e. The fourth-order valence-electron chi connectivity index (χ4n) is 1.14. The van der Waals surface area contributed by atoms with E-state index < -0.39 is 11.6 Å². The van der Waals surface area contributed by atoms with Gasteiger partial charge >= 0.3 is 0 Å². The first-order valence-electron chi connectivity index (χ1n) is 3.84. The highest BCUT2D eigenvalue weighted by Crippen LogP contribution is 2.25. The molecule has 0 amide bonds. The summed E-state index contributed by atoms with van der Waals surface area (Å²) in [5, 5.41) is 0. The second-order valence-electron chi connectivity index (χ2n) is 2.67. The van der Waals surface area contributed by atoms with Crippen LogP contribution in [0.4, 0.5) is 14.8 Å².